The maximum Gasteiger partial charge on any atom is 0.137 e. The fourth-order valence-corrected chi connectivity index (χ4v) is 1.93. The van der Waals surface area contributed by atoms with Crippen LogP contribution in [0.2, 0.25) is 0 Å². The minimum Gasteiger partial charge on any atom is -0.311 e. The number of benzene rings is 1. The van der Waals surface area contributed by atoms with E-state index in [-0.39, 0.29) is 12.1 Å². The third-order valence-electron chi connectivity index (χ3n) is 2.81. The summed E-state index contributed by atoms with van der Waals surface area (Å²) in [6, 6.07) is 10.8. The van der Waals surface area contributed by atoms with Crippen molar-refractivity contribution in [2.75, 3.05) is 7.05 Å². The molecule has 1 heterocycles. The second kappa shape index (κ2) is 4.90. The molecule has 1 aromatic heterocycles. The topological polar surface area (TPSA) is 42.7 Å². The lowest BCUT2D eigenvalue weighted by Gasteiger charge is -2.23. The molecule has 1 aromatic carbocycles. The normalized spacial score (nSPS) is 14.6. The van der Waals surface area contributed by atoms with E-state index >= 15 is 0 Å². The van der Waals surface area contributed by atoms with Gasteiger partial charge >= 0.3 is 0 Å². The van der Waals surface area contributed by atoms with Gasteiger partial charge in [0.05, 0.1) is 12.1 Å². The number of hydrogen-bond acceptors (Lipinski definition) is 3. The van der Waals surface area contributed by atoms with Crippen molar-refractivity contribution in [2.45, 2.75) is 19.0 Å². The van der Waals surface area contributed by atoms with E-state index in [0.717, 1.165) is 0 Å². The van der Waals surface area contributed by atoms with Gasteiger partial charge in [0.2, 0.25) is 0 Å². The Kier molecular flexibility index (Phi) is 3.31. The first-order valence-electron chi connectivity index (χ1n) is 5.39. The summed E-state index contributed by atoms with van der Waals surface area (Å²) in [6.07, 6.45) is 3.31. The van der Waals surface area contributed by atoms with Crippen LogP contribution in [0.25, 0.3) is 0 Å². The van der Waals surface area contributed by atoms with Crippen LogP contribution in [-0.4, -0.2) is 21.8 Å². The third kappa shape index (κ3) is 2.12. The Labute approximate surface area is 95.3 Å². The maximum atomic E-state index is 4.18. The van der Waals surface area contributed by atoms with E-state index in [9.17, 15) is 0 Å². The van der Waals surface area contributed by atoms with Crippen molar-refractivity contribution in [3.05, 3.63) is 48.5 Å². The van der Waals surface area contributed by atoms with Gasteiger partial charge in [0.1, 0.15) is 12.7 Å². The summed E-state index contributed by atoms with van der Waals surface area (Å²) in [5.74, 6) is 0. The Bertz CT molecular complexity index is 410. The lowest BCUT2D eigenvalue weighted by molar-refractivity contribution is 0.371. The van der Waals surface area contributed by atoms with Crippen molar-refractivity contribution in [1.29, 1.82) is 0 Å². The standard InChI is InChI=1S/C12H16N4/c1-10(16-9-14-8-15-16)12(13-2)11-6-4-3-5-7-11/h3-10,12-13H,1-2H3. The molecule has 16 heavy (non-hydrogen) atoms. The summed E-state index contributed by atoms with van der Waals surface area (Å²) in [6.45, 7) is 2.13. The van der Waals surface area contributed by atoms with Crippen LogP contribution in [0.3, 0.4) is 0 Å². The molecule has 4 nitrogen and oxygen atoms in total. The zero-order chi connectivity index (χ0) is 11.4. The third-order valence-corrected chi connectivity index (χ3v) is 2.81. The van der Waals surface area contributed by atoms with Gasteiger partial charge in [-0.05, 0) is 19.5 Å². The van der Waals surface area contributed by atoms with E-state index in [1.807, 2.05) is 29.9 Å². The number of hydrogen-bond donors (Lipinski definition) is 1. The first-order valence-corrected chi connectivity index (χ1v) is 5.39. The molecule has 4 heteroatoms. The van der Waals surface area contributed by atoms with Gasteiger partial charge in [-0.15, -0.1) is 0 Å². The highest BCUT2D eigenvalue weighted by Gasteiger charge is 2.18. The van der Waals surface area contributed by atoms with Crippen LogP contribution in [0.1, 0.15) is 24.6 Å². The largest absolute Gasteiger partial charge is 0.311 e. The first kappa shape index (κ1) is 10.8. The van der Waals surface area contributed by atoms with Crippen LogP contribution in [0.4, 0.5) is 0 Å². The highest BCUT2D eigenvalue weighted by atomic mass is 15.3. The molecular weight excluding hydrogens is 200 g/mol. The minimum absolute atomic E-state index is 0.231. The zero-order valence-corrected chi connectivity index (χ0v) is 9.54. The van der Waals surface area contributed by atoms with E-state index in [1.165, 1.54) is 5.56 Å². The molecule has 0 bridgehead atoms. The second-order valence-corrected chi connectivity index (χ2v) is 3.79. The highest BCUT2D eigenvalue weighted by Crippen LogP contribution is 2.24. The zero-order valence-electron chi connectivity index (χ0n) is 9.54. The lowest BCUT2D eigenvalue weighted by atomic mass is 10.0. The monoisotopic (exact) mass is 216 g/mol. The van der Waals surface area contributed by atoms with E-state index in [2.05, 4.69) is 34.5 Å². The maximum absolute atomic E-state index is 4.18. The Balaban J connectivity index is 2.23. The average Bonchev–Trinajstić information content (AvgIpc) is 2.85. The summed E-state index contributed by atoms with van der Waals surface area (Å²) in [5.41, 5.74) is 1.26. The molecule has 0 saturated carbocycles. The van der Waals surface area contributed by atoms with Gasteiger partial charge in [0.25, 0.3) is 0 Å². The first-order chi connectivity index (χ1) is 7.83. The lowest BCUT2D eigenvalue weighted by Crippen LogP contribution is -2.26. The minimum atomic E-state index is 0.231. The van der Waals surface area contributed by atoms with Gasteiger partial charge in [0.15, 0.2) is 0 Å². The van der Waals surface area contributed by atoms with Crippen molar-refractivity contribution >= 4 is 0 Å². The molecular formula is C12H16N4. The Morgan fingerprint density at radius 2 is 2.00 bits per heavy atom. The fraction of sp³-hybridized carbons (Fsp3) is 0.333. The summed E-state index contributed by atoms with van der Waals surface area (Å²) in [4.78, 5) is 3.98. The second-order valence-electron chi connectivity index (χ2n) is 3.79. The van der Waals surface area contributed by atoms with E-state index in [0.29, 0.717) is 0 Å². The van der Waals surface area contributed by atoms with E-state index in [4.69, 9.17) is 0 Å². The molecule has 84 valence electrons. The van der Waals surface area contributed by atoms with Gasteiger partial charge in [0, 0.05) is 0 Å². The molecule has 0 saturated heterocycles. The molecule has 2 atom stereocenters. The van der Waals surface area contributed by atoms with Crippen molar-refractivity contribution in [3.63, 3.8) is 0 Å². The van der Waals surface area contributed by atoms with Gasteiger partial charge in [-0.2, -0.15) is 5.10 Å². The number of nitrogens with one attached hydrogen (secondary N) is 1. The van der Waals surface area contributed by atoms with Gasteiger partial charge < -0.3 is 5.32 Å². The van der Waals surface area contributed by atoms with Gasteiger partial charge in [-0.3, -0.25) is 0 Å². The predicted molar refractivity (Wildman–Crippen MR) is 63.0 cm³/mol. The summed E-state index contributed by atoms with van der Waals surface area (Å²) >= 11 is 0. The highest BCUT2D eigenvalue weighted by molar-refractivity contribution is 5.19. The number of rotatable bonds is 4. The van der Waals surface area contributed by atoms with E-state index < -0.39 is 0 Å². The number of likely N-dealkylation sites (N-methyl/N-ethyl adjacent to an activating group) is 1. The van der Waals surface area contributed by atoms with Crippen molar-refractivity contribution in [3.8, 4) is 0 Å². The summed E-state index contributed by atoms with van der Waals surface area (Å²) in [5, 5.41) is 7.49. The van der Waals surface area contributed by atoms with Crippen LogP contribution in [-0.2, 0) is 0 Å². The van der Waals surface area contributed by atoms with Crippen molar-refractivity contribution in [1.82, 2.24) is 20.1 Å². The fourth-order valence-electron chi connectivity index (χ4n) is 1.93. The van der Waals surface area contributed by atoms with Crippen LogP contribution < -0.4 is 5.32 Å². The van der Waals surface area contributed by atoms with Gasteiger partial charge in [-0.1, -0.05) is 30.3 Å². The smallest absolute Gasteiger partial charge is 0.137 e. The van der Waals surface area contributed by atoms with Crippen LogP contribution >= 0.6 is 0 Å². The van der Waals surface area contributed by atoms with Gasteiger partial charge in [-0.25, -0.2) is 9.67 Å². The SMILES string of the molecule is CNC(c1ccccc1)C(C)n1cncn1. The quantitative estimate of drug-likeness (QED) is 0.847. The van der Waals surface area contributed by atoms with Crippen molar-refractivity contribution in [2.24, 2.45) is 0 Å². The Morgan fingerprint density at radius 3 is 2.56 bits per heavy atom. The molecule has 2 rings (SSSR count). The molecule has 0 spiro atoms. The predicted octanol–water partition coefficient (Wildman–Crippen LogP) is 1.80. The molecule has 0 radical (unpaired) electrons. The van der Waals surface area contributed by atoms with Crippen LogP contribution in [0.5, 0.6) is 0 Å². The summed E-state index contributed by atoms with van der Waals surface area (Å²) < 4.78 is 1.87. The average molecular weight is 216 g/mol. The van der Waals surface area contributed by atoms with Crippen molar-refractivity contribution < 1.29 is 0 Å². The summed E-state index contributed by atoms with van der Waals surface area (Å²) in [7, 11) is 1.96. The Hall–Kier alpha value is -1.68. The molecule has 0 aliphatic rings. The molecule has 1 N–H and O–H groups in total. The molecule has 2 aromatic rings. The molecule has 0 aliphatic heterocycles. The number of nitrogens with zero attached hydrogens (tertiary/aromatic N) is 3. The molecule has 0 aliphatic carbocycles. The number of aromatic nitrogens is 3. The molecule has 0 fully saturated rings. The van der Waals surface area contributed by atoms with Crippen LogP contribution in [0.15, 0.2) is 43.0 Å². The van der Waals surface area contributed by atoms with E-state index in [1.54, 1.807) is 12.7 Å². The Morgan fingerprint density at radius 1 is 1.25 bits per heavy atom. The molecule has 2 unspecified atom stereocenters. The van der Waals surface area contributed by atoms with Crippen LogP contribution in [0, 0.1) is 0 Å². The molecule has 0 amide bonds.